The largest absolute Gasteiger partial charge is 0.0761 e. The molecule has 0 nitrogen and oxygen atoms in total. The van der Waals surface area contributed by atoms with Crippen LogP contribution in [-0.2, 0) is 0 Å². The van der Waals surface area contributed by atoms with Crippen molar-refractivity contribution < 1.29 is 0 Å². The summed E-state index contributed by atoms with van der Waals surface area (Å²) in [6, 6.07) is 0. The molecule has 0 saturated heterocycles. The Morgan fingerprint density at radius 2 is 1.69 bits per heavy atom. The van der Waals surface area contributed by atoms with E-state index in [-0.39, 0.29) is 7.35 Å². The van der Waals surface area contributed by atoms with Gasteiger partial charge < -0.3 is 0 Å². The number of hydrogen-bond acceptors (Lipinski definition) is 0. The van der Waals surface area contributed by atoms with Crippen molar-refractivity contribution in [2.24, 2.45) is 0 Å². The molecular formula is C3H9Si10. The maximum atomic E-state index is 4.11. The summed E-state index contributed by atoms with van der Waals surface area (Å²) in [5.41, 5.74) is 0. The quantitative estimate of drug-likeness (QED) is 0.473. The molecule has 0 rings (SSSR count). The third kappa shape index (κ3) is 6.36. The Morgan fingerprint density at radius 3 is 2.00 bits per heavy atom. The summed E-state index contributed by atoms with van der Waals surface area (Å²) < 4.78 is 0. The van der Waals surface area contributed by atoms with E-state index in [1.165, 1.54) is 44.2 Å². The summed E-state index contributed by atoms with van der Waals surface area (Å²) >= 11 is 0. The van der Waals surface area contributed by atoms with Crippen LogP contribution in [-0.4, -0.2) is 85.8 Å². The topological polar surface area (TPSA) is 0 Å². The van der Waals surface area contributed by atoms with Crippen molar-refractivity contribution in [1.29, 1.82) is 0 Å². The minimum absolute atomic E-state index is 0.0458. The van der Waals surface area contributed by atoms with Crippen LogP contribution in [0.1, 0.15) is 0 Å². The Hall–Kier alpha value is 2.17. The van der Waals surface area contributed by atoms with Crippen LogP contribution in [0, 0.1) is 0 Å². The van der Waals surface area contributed by atoms with Crippen LogP contribution >= 0.6 is 0 Å². The number of hydrogen-bond donors (Lipinski definition) is 0. The van der Waals surface area contributed by atoms with Crippen molar-refractivity contribution in [3.8, 4) is 0 Å². The second-order valence-electron chi connectivity index (χ2n) is 2.25. The van der Waals surface area contributed by atoms with Gasteiger partial charge in [0.05, 0.1) is 0 Å². The molecule has 0 heterocycles. The van der Waals surface area contributed by atoms with E-state index in [1.807, 2.05) is 0 Å². The second kappa shape index (κ2) is 8.34. The molecule has 0 amide bonds. The minimum atomic E-state index is -0.879. The van der Waals surface area contributed by atoms with Gasteiger partial charge in [-0.25, -0.2) is 0 Å². The molecule has 0 aliphatic carbocycles. The van der Waals surface area contributed by atoms with Crippen molar-refractivity contribution >= 4 is 85.8 Å². The number of rotatable bonds is 7. The highest BCUT2D eigenvalue weighted by molar-refractivity contribution is 7.94. The van der Waals surface area contributed by atoms with Crippen molar-refractivity contribution in [3.63, 3.8) is 0 Å². The fraction of sp³-hybridized carbons (Fsp3) is 1.00. The molecule has 0 aromatic rings. The SMILES string of the molecule is C[Si][Si]([Si][Si])[Si][Si][Si]([Si])([Si]C)[Si]C. The van der Waals surface area contributed by atoms with Crippen molar-refractivity contribution in [2.45, 2.75) is 19.6 Å². The molecule has 13 heavy (non-hydrogen) atoms. The Bertz CT molecular complexity index is 117. The van der Waals surface area contributed by atoms with Gasteiger partial charge in [-0.3, -0.25) is 0 Å². The first-order valence-electron chi connectivity index (χ1n) is 3.75. The Kier molecular flexibility index (Phi) is 9.73. The smallest absolute Gasteiger partial charge is 0.0148 e. The molecule has 0 aromatic carbocycles. The van der Waals surface area contributed by atoms with Gasteiger partial charge in [0.25, 0.3) is 0 Å². The molecule has 0 N–H and O–H groups in total. The molecule has 19 radical (unpaired) electrons. The lowest BCUT2D eigenvalue weighted by Crippen LogP contribution is -2.59. The van der Waals surface area contributed by atoms with Crippen molar-refractivity contribution in [2.75, 3.05) is 0 Å². The lowest BCUT2D eigenvalue weighted by molar-refractivity contribution is 2.33. The lowest BCUT2D eigenvalue weighted by atomic mass is 11.9. The van der Waals surface area contributed by atoms with Crippen molar-refractivity contribution in [3.05, 3.63) is 0 Å². The summed E-state index contributed by atoms with van der Waals surface area (Å²) in [7, 11) is 15.2. The van der Waals surface area contributed by atoms with Gasteiger partial charge >= 0.3 is 0 Å². The summed E-state index contributed by atoms with van der Waals surface area (Å²) in [6.07, 6.45) is -0.879. The molecule has 0 atom stereocenters. The van der Waals surface area contributed by atoms with Gasteiger partial charge in [0.1, 0.15) is 0 Å². The summed E-state index contributed by atoms with van der Waals surface area (Å²) in [5.74, 6) is 0. The summed E-state index contributed by atoms with van der Waals surface area (Å²) in [5, 5.41) is 0. The van der Waals surface area contributed by atoms with Gasteiger partial charge in [-0.15, -0.1) is 0 Å². The van der Waals surface area contributed by atoms with Crippen LogP contribution in [0.5, 0.6) is 0 Å². The zero-order valence-corrected chi connectivity index (χ0v) is 18.0. The van der Waals surface area contributed by atoms with E-state index in [4.69, 9.17) is 0 Å². The average molecular weight is 326 g/mol. The van der Waals surface area contributed by atoms with E-state index in [0.29, 0.717) is 0 Å². The lowest BCUT2D eigenvalue weighted by Gasteiger charge is -2.23. The highest BCUT2D eigenvalue weighted by Gasteiger charge is 2.25. The Balaban J connectivity index is 3.83. The molecule has 0 unspecified atom stereocenters. The average Bonchev–Trinajstić information content (AvgIpc) is 2.19. The molecule has 0 fully saturated rings. The van der Waals surface area contributed by atoms with Gasteiger partial charge in [-0.05, 0) is 0 Å². The van der Waals surface area contributed by atoms with E-state index in [2.05, 4.69) is 39.2 Å². The molecule has 10 heteroatoms. The second-order valence-corrected chi connectivity index (χ2v) is 47.2. The van der Waals surface area contributed by atoms with Crippen LogP contribution in [0.25, 0.3) is 0 Å². The Morgan fingerprint density at radius 1 is 1.15 bits per heavy atom. The highest BCUT2D eigenvalue weighted by atomic mass is 30.2. The van der Waals surface area contributed by atoms with Gasteiger partial charge in [-0.1, -0.05) is 19.6 Å². The van der Waals surface area contributed by atoms with Gasteiger partial charge in [0.2, 0.25) is 0 Å². The first kappa shape index (κ1) is 15.2. The van der Waals surface area contributed by atoms with E-state index in [1.54, 1.807) is 0 Å². The maximum absolute atomic E-state index is 4.11. The molecule has 0 saturated carbocycles. The monoisotopic (exact) mass is 325 g/mol. The van der Waals surface area contributed by atoms with Crippen LogP contribution < -0.4 is 0 Å². The first-order valence-corrected chi connectivity index (χ1v) is 24.8. The van der Waals surface area contributed by atoms with Gasteiger partial charge in [0, 0.05) is 85.8 Å². The molecule has 61 valence electrons. The molecule has 0 aromatic heterocycles. The van der Waals surface area contributed by atoms with Crippen molar-refractivity contribution in [1.82, 2.24) is 0 Å². The zero-order valence-electron chi connectivity index (χ0n) is 8.00. The third-order valence-electron chi connectivity index (χ3n) is 1.50. The molecular weight excluding hydrogens is 317 g/mol. The van der Waals surface area contributed by atoms with E-state index < -0.39 is 6.14 Å². The first-order chi connectivity index (χ1) is 6.11. The molecule has 0 aliphatic rings. The minimum Gasteiger partial charge on any atom is -0.0761 e. The maximum Gasteiger partial charge on any atom is 0.0148 e. The molecule has 0 aliphatic heterocycles. The van der Waals surface area contributed by atoms with E-state index in [9.17, 15) is 0 Å². The van der Waals surface area contributed by atoms with Crippen LogP contribution in [0.4, 0.5) is 0 Å². The van der Waals surface area contributed by atoms with E-state index in [0.717, 1.165) is 8.55 Å². The normalized spacial score (nSPS) is 12.5. The van der Waals surface area contributed by atoms with Gasteiger partial charge in [0.15, 0.2) is 0 Å². The fourth-order valence-corrected chi connectivity index (χ4v) is 69.2. The van der Waals surface area contributed by atoms with Crippen LogP contribution in [0.2, 0.25) is 19.6 Å². The standard InChI is InChI=1S/C3H9Si10/c1-6-12(9-4)10-11-13(5,7-2)8-3/h1-3H3. The predicted molar refractivity (Wildman–Crippen MR) is 75.1 cm³/mol. The van der Waals surface area contributed by atoms with Crippen LogP contribution in [0.3, 0.4) is 0 Å². The Labute approximate surface area is 105 Å². The summed E-state index contributed by atoms with van der Waals surface area (Å²) in [6.45, 7) is 7.17. The fourth-order valence-electron chi connectivity index (χ4n) is 0.562. The van der Waals surface area contributed by atoms with Gasteiger partial charge in [-0.2, -0.15) is 0 Å². The molecule has 0 spiro atoms. The van der Waals surface area contributed by atoms with E-state index >= 15 is 0 Å². The van der Waals surface area contributed by atoms with Crippen LogP contribution in [0.15, 0.2) is 0 Å². The predicted octanol–water partition coefficient (Wildman–Crippen LogP) is -2.06. The summed E-state index contributed by atoms with van der Waals surface area (Å²) in [4.78, 5) is 0. The third-order valence-corrected chi connectivity index (χ3v) is 67.5. The highest BCUT2D eigenvalue weighted by Crippen LogP contribution is 1.90. The zero-order chi connectivity index (χ0) is 10.3. The molecule has 0 bridgehead atoms.